The lowest BCUT2D eigenvalue weighted by atomic mass is 10.3. The summed E-state index contributed by atoms with van der Waals surface area (Å²) in [7, 11) is 3.27. The number of hydrogen-bond acceptors (Lipinski definition) is 4. The largest absolute Gasteiger partial charge is 0.469 e. The minimum absolute atomic E-state index is 0.0671. The van der Waals surface area contributed by atoms with Crippen LogP contribution in [0.3, 0.4) is 0 Å². The van der Waals surface area contributed by atoms with E-state index in [9.17, 15) is 9.59 Å². The van der Waals surface area contributed by atoms with E-state index in [-0.39, 0.29) is 11.9 Å². The fourth-order valence-corrected chi connectivity index (χ4v) is 1.56. The predicted octanol–water partition coefficient (Wildman–Crippen LogP) is 0.398. The van der Waals surface area contributed by atoms with Gasteiger partial charge in [-0.1, -0.05) is 0 Å². The van der Waals surface area contributed by atoms with E-state index in [4.69, 9.17) is 0 Å². The van der Waals surface area contributed by atoms with Crippen LogP contribution in [0.5, 0.6) is 0 Å². The maximum Gasteiger partial charge on any atom is 0.305 e. The molecule has 0 radical (unpaired) electrons. The number of ether oxygens (including phenoxy) is 1. The number of amides is 1. The van der Waals surface area contributed by atoms with Crippen LogP contribution in [0, 0.1) is 5.92 Å². The summed E-state index contributed by atoms with van der Waals surface area (Å²) in [4.78, 5) is 24.3. The van der Waals surface area contributed by atoms with Crippen LogP contribution < -0.4 is 5.32 Å². The van der Waals surface area contributed by atoms with Crippen LogP contribution in [0.15, 0.2) is 0 Å². The molecule has 1 fully saturated rings. The lowest BCUT2D eigenvalue weighted by Crippen LogP contribution is -2.36. The molecule has 0 aliphatic heterocycles. The van der Waals surface area contributed by atoms with Crippen LogP contribution in [0.4, 0.5) is 0 Å². The summed E-state index contributed by atoms with van der Waals surface area (Å²) >= 11 is 0. The van der Waals surface area contributed by atoms with E-state index in [0.29, 0.717) is 18.9 Å². The highest BCUT2D eigenvalue weighted by molar-refractivity contribution is 5.78. The predicted molar refractivity (Wildman–Crippen MR) is 64.5 cm³/mol. The zero-order valence-corrected chi connectivity index (χ0v) is 10.7. The number of hydrogen-bond donors (Lipinski definition) is 1. The highest BCUT2D eigenvalue weighted by atomic mass is 16.5. The van der Waals surface area contributed by atoms with E-state index < -0.39 is 0 Å². The van der Waals surface area contributed by atoms with Crippen molar-refractivity contribution in [1.82, 2.24) is 10.2 Å². The molecule has 0 aromatic heterocycles. The molecular weight excluding hydrogens is 220 g/mol. The first-order valence-corrected chi connectivity index (χ1v) is 6.14. The molecule has 0 bridgehead atoms. The number of nitrogens with zero attached hydrogens (tertiary/aromatic N) is 1. The fraction of sp³-hybridized carbons (Fsp3) is 0.833. The van der Waals surface area contributed by atoms with E-state index in [1.54, 1.807) is 0 Å². The Kier molecular flexibility index (Phi) is 5.97. The number of nitrogens with one attached hydrogen (secondary N) is 1. The third-order valence-corrected chi connectivity index (χ3v) is 2.85. The average Bonchev–Trinajstić information content (AvgIpc) is 3.09. The molecule has 17 heavy (non-hydrogen) atoms. The third kappa shape index (κ3) is 6.94. The molecule has 0 aromatic carbocycles. The first-order chi connectivity index (χ1) is 8.11. The molecule has 1 rings (SSSR count). The standard InChI is InChI=1S/C12H22N2O3/c1-14(7-3-4-12(16)17-2)9-11(15)13-8-10-5-6-10/h10H,3-9H2,1-2H3,(H,13,15). The molecule has 0 unspecified atom stereocenters. The van der Waals surface area contributed by atoms with Gasteiger partial charge in [-0.3, -0.25) is 14.5 Å². The number of carbonyl (C=O) groups is 2. The van der Waals surface area contributed by atoms with Crippen molar-refractivity contribution in [3.05, 3.63) is 0 Å². The van der Waals surface area contributed by atoms with Crippen molar-refractivity contribution in [3.8, 4) is 0 Å². The van der Waals surface area contributed by atoms with Crippen LogP contribution in [-0.2, 0) is 14.3 Å². The smallest absolute Gasteiger partial charge is 0.305 e. The maximum atomic E-state index is 11.5. The third-order valence-electron chi connectivity index (χ3n) is 2.85. The van der Waals surface area contributed by atoms with E-state index in [2.05, 4.69) is 10.1 Å². The van der Waals surface area contributed by atoms with E-state index in [0.717, 1.165) is 19.5 Å². The first kappa shape index (κ1) is 14.0. The molecule has 0 saturated heterocycles. The van der Waals surface area contributed by atoms with Crippen LogP contribution in [0.1, 0.15) is 25.7 Å². The molecule has 0 atom stereocenters. The van der Waals surface area contributed by atoms with E-state index >= 15 is 0 Å². The van der Waals surface area contributed by atoms with E-state index in [1.807, 2.05) is 11.9 Å². The molecule has 0 aromatic rings. The van der Waals surface area contributed by atoms with Crippen molar-refractivity contribution in [2.75, 3.05) is 33.8 Å². The van der Waals surface area contributed by atoms with Crippen molar-refractivity contribution in [3.63, 3.8) is 0 Å². The Hall–Kier alpha value is -1.10. The molecule has 1 saturated carbocycles. The minimum atomic E-state index is -0.198. The second-order valence-corrected chi connectivity index (χ2v) is 4.66. The van der Waals surface area contributed by atoms with Crippen LogP contribution >= 0.6 is 0 Å². The Morgan fingerprint density at radius 2 is 2.12 bits per heavy atom. The SMILES string of the molecule is COC(=O)CCCN(C)CC(=O)NCC1CC1. The molecule has 0 heterocycles. The van der Waals surface area contributed by atoms with Gasteiger partial charge >= 0.3 is 5.97 Å². The Morgan fingerprint density at radius 3 is 2.71 bits per heavy atom. The zero-order valence-electron chi connectivity index (χ0n) is 10.7. The first-order valence-electron chi connectivity index (χ1n) is 6.14. The van der Waals surface area contributed by atoms with Crippen LogP contribution in [0.2, 0.25) is 0 Å². The van der Waals surface area contributed by atoms with Gasteiger partial charge in [0.05, 0.1) is 13.7 Å². The molecule has 1 aliphatic rings. The van der Waals surface area contributed by atoms with Gasteiger partial charge in [0.15, 0.2) is 0 Å². The summed E-state index contributed by atoms with van der Waals surface area (Å²) in [6.45, 7) is 1.94. The number of carbonyl (C=O) groups excluding carboxylic acids is 2. The van der Waals surface area contributed by atoms with Crippen molar-refractivity contribution in [1.29, 1.82) is 0 Å². The Balaban J connectivity index is 2.00. The second kappa shape index (κ2) is 7.27. The molecule has 1 aliphatic carbocycles. The summed E-state index contributed by atoms with van der Waals surface area (Å²) < 4.78 is 4.55. The van der Waals surface area contributed by atoms with Gasteiger partial charge in [0.1, 0.15) is 0 Å². The maximum absolute atomic E-state index is 11.5. The molecule has 1 N–H and O–H groups in total. The Bertz CT molecular complexity index is 264. The van der Waals surface area contributed by atoms with Crippen LogP contribution in [-0.4, -0.2) is 50.6 Å². The van der Waals surface area contributed by atoms with Gasteiger partial charge in [0, 0.05) is 13.0 Å². The summed E-state index contributed by atoms with van der Waals surface area (Å²) in [5, 5.41) is 2.91. The Labute approximate surface area is 102 Å². The molecular formula is C12H22N2O3. The fourth-order valence-electron chi connectivity index (χ4n) is 1.56. The normalized spacial score (nSPS) is 14.8. The molecule has 98 valence electrons. The van der Waals surface area contributed by atoms with Crippen LogP contribution in [0.25, 0.3) is 0 Å². The highest BCUT2D eigenvalue weighted by Gasteiger charge is 2.21. The summed E-state index contributed by atoms with van der Waals surface area (Å²) in [6, 6.07) is 0. The molecule has 5 nitrogen and oxygen atoms in total. The lowest BCUT2D eigenvalue weighted by molar-refractivity contribution is -0.140. The molecule has 1 amide bonds. The zero-order chi connectivity index (χ0) is 12.7. The number of methoxy groups -OCH3 is 1. The van der Waals surface area contributed by atoms with Gasteiger partial charge in [-0.05, 0) is 38.8 Å². The summed E-state index contributed by atoms with van der Waals surface area (Å²) in [5.41, 5.74) is 0. The van der Waals surface area contributed by atoms with Gasteiger partial charge in [-0.2, -0.15) is 0 Å². The minimum Gasteiger partial charge on any atom is -0.469 e. The van der Waals surface area contributed by atoms with Gasteiger partial charge in [0.2, 0.25) is 5.91 Å². The summed E-state index contributed by atoms with van der Waals surface area (Å²) in [6.07, 6.45) is 3.62. The number of likely N-dealkylation sites (N-methyl/N-ethyl adjacent to an activating group) is 1. The van der Waals surface area contributed by atoms with Crippen molar-refractivity contribution >= 4 is 11.9 Å². The van der Waals surface area contributed by atoms with Gasteiger partial charge in [-0.15, -0.1) is 0 Å². The number of rotatable bonds is 8. The van der Waals surface area contributed by atoms with Crippen molar-refractivity contribution in [2.45, 2.75) is 25.7 Å². The van der Waals surface area contributed by atoms with Crippen molar-refractivity contribution in [2.24, 2.45) is 5.92 Å². The topological polar surface area (TPSA) is 58.6 Å². The lowest BCUT2D eigenvalue weighted by Gasteiger charge is -2.15. The Morgan fingerprint density at radius 1 is 1.41 bits per heavy atom. The second-order valence-electron chi connectivity index (χ2n) is 4.66. The van der Waals surface area contributed by atoms with Gasteiger partial charge in [-0.25, -0.2) is 0 Å². The average molecular weight is 242 g/mol. The molecule has 5 heteroatoms. The number of esters is 1. The summed E-state index contributed by atoms with van der Waals surface area (Å²) in [5.74, 6) is 0.581. The van der Waals surface area contributed by atoms with Gasteiger partial charge < -0.3 is 10.1 Å². The monoisotopic (exact) mass is 242 g/mol. The van der Waals surface area contributed by atoms with E-state index in [1.165, 1.54) is 20.0 Å². The quantitative estimate of drug-likeness (QED) is 0.626. The van der Waals surface area contributed by atoms with Crippen molar-refractivity contribution < 1.29 is 14.3 Å². The highest BCUT2D eigenvalue weighted by Crippen LogP contribution is 2.27. The van der Waals surface area contributed by atoms with Gasteiger partial charge in [0.25, 0.3) is 0 Å². The molecule has 0 spiro atoms.